The third-order valence-electron chi connectivity index (χ3n) is 5.44. The monoisotopic (exact) mass is 357 g/mol. The van der Waals surface area contributed by atoms with E-state index < -0.39 is 0 Å². The van der Waals surface area contributed by atoms with Crippen LogP contribution in [0.5, 0.6) is 5.75 Å². The molecule has 1 N–H and O–H groups in total. The molecule has 1 fully saturated rings. The number of methoxy groups -OCH3 is 1. The van der Waals surface area contributed by atoms with Crippen LogP contribution in [0.2, 0.25) is 5.02 Å². The third kappa shape index (κ3) is 2.90. The van der Waals surface area contributed by atoms with Gasteiger partial charge < -0.3 is 14.8 Å². The molecule has 2 aliphatic rings. The molecule has 0 radical (unpaired) electrons. The van der Waals surface area contributed by atoms with Gasteiger partial charge in [0, 0.05) is 34.4 Å². The van der Waals surface area contributed by atoms with Crippen molar-refractivity contribution in [3.05, 3.63) is 57.6 Å². The van der Waals surface area contributed by atoms with E-state index in [2.05, 4.69) is 31.3 Å². The normalized spacial score (nSPS) is 24.9. The van der Waals surface area contributed by atoms with Crippen LogP contribution in [-0.4, -0.2) is 13.7 Å². The van der Waals surface area contributed by atoms with Crippen LogP contribution in [0.4, 0.5) is 5.69 Å². The van der Waals surface area contributed by atoms with Gasteiger partial charge in [-0.05, 0) is 50.5 Å². The lowest BCUT2D eigenvalue weighted by Gasteiger charge is -2.44. The quantitative estimate of drug-likeness (QED) is 0.758. The van der Waals surface area contributed by atoms with Crippen LogP contribution in [0.25, 0.3) is 0 Å². The second-order valence-electron chi connectivity index (χ2n) is 7.15. The van der Waals surface area contributed by atoms with Crippen molar-refractivity contribution in [2.24, 2.45) is 5.92 Å². The first-order chi connectivity index (χ1) is 12.1. The number of rotatable bonds is 2. The number of fused-ring (bicyclic) bond motifs is 3. The van der Waals surface area contributed by atoms with E-state index in [1.54, 1.807) is 7.11 Å². The predicted molar refractivity (Wildman–Crippen MR) is 102 cm³/mol. The van der Waals surface area contributed by atoms with Gasteiger partial charge in [-0.25, -0.2) is 0 Å². The van der Waals surface area contributed by atoms with E-state index in [1.165, 1.54) is 22.4 Å². The Labute approximate surface area is 154 Å². The number of halogens is 1. The SMILES string of the molecule is COc1ccc(Cl)cc1[C@@H]1Nc2c(C)cc(C)cc2[C@H]2OCCC[C@H]21. The van der Waals surface area contributed by atoms with Gasteiger partial charge in [0.05, 0.1) is 19.3 Å². The molecule has 0 aromatic heterocycles. The van der Waals surface area contributed by atoms with E-state index >= 15 is 0 Å². The maximum absolute atomic E-state index is 6.31. The van der Waals surface area contributed by atoms with E-state index in [1.807, 2.05) is 18.2 Å². The summed E-state index contributed by atoms with van der Waals surface area (Å²) in [6, 6.07) is 10.5. The predicted octanol–water partition coefficient (Wildman–Crippen LogP) is 5.60. The Balaban J connectivity index is 1.85. The molecule has 132 valence electrons. The Morgan fingerprint density at radius 2 is 2.00 bits per heavy atom. The summed E-state index contributed by atoms with van der Waals surface area (Å²) in [4.78, 5) is 0. The van der Waals surface area contributed by atoms with Crippen molar-refractivity contribution in [2.45, 2.75) is 38.8 Å². The Hall–Kier alpha value is -1.71. The van der Waals surface area contributed by atoms with E-state index in [4.69, 9.17) is 21.1 Å². The van der Waals surface area contributed by atoms with Gasteiger partial charge >= 0.3 is 0 Å². The van der Waals surface area contributed by atoms with Crippen LogP contribution < -0.4 is 10.1 Å². The van der Waals surface area contributed by atoms with Gasteiger partial charge in [-0.2, -0.15) is 0 Å². The summed E-state index contributed by atoms with van der Waals surface area (Å²) >= 11 is 6.31. The van der Waals surface area contributed by atoms with Crippen molar-refractivity contribution in [3.8, 4) is 5.75 Å². The van der Waals surface area contributed by atoms with Crippen molar-refractivity contribution in [3.63, 3.8) is 0 Å². The maximum atomic E-state index is 6.31. The molecule has 0 spiro atoms. The van der Waals surface area contributed by atoms with Gasteiger partial charge in [-0.15, -0.1) is 0 Å². The van der Waals surface area contributed by atoms with E-state index in [9.17, 15) is 0 Å². The largest absolute Gasteiger partial charge is 0.496 e. The lowest BCUT2D eigenvalue weighted by atomic mass is 9.76. The number of hydrogen-bond donors (Lipinski definition) is 1. The van der Waals surface area contributed by atoms with Crippen molar-refractivity contribution in [2.75, 3.05) is 19.0 Å². The molecule has 4 rings (SSSR count). The van der Waals surface area contributed by atoms with Crippen LogP contribution in [0.1, 0.15) is 47.2 Å². The van der Waals surface area contributed by atoms with Crippen LogP contribution in [0.15, 0.2) is 30.3 Å². The molecule has 2 aliphatic heterocycles. The average Bonchev–Trinajstić information content (AvgIpc) is 2.61. The molecule has 0 amide bonds. The fourth-order valence-electron chi connectivity index (χ4n) is 4.41. The standard InChI is InChI=1S/C21H24ClNO2/c1-12-9-13(2)19-17(10-12)21-15(5-4-8-25-21)20(23-19)16-11-14(22)6-7-18(16)24-3/h6-7,9-11,15,20-21,23H,4-5,8H2,1-3H3/t15-,20+,21-/m0/s1. The van der Waals surface area contributed by atoms with Crippen molar-refractivity contribution in [1.82, 2.24) is 0 Å². The molecular weight excluding hydrogens is 334 g/mol. The Kier molecular flexibility index (Phi) is 4.38. The molecular formula is C21H24ClNO2. The van der Waals surface area contributed by atoms with Gasteiger partial charge in [0.2, 0.25) is 0 Å². The van der Waals surface area contributed by atoms with E-state index in [0.29, 0.717) is 5.92 Å². The maximum Gasteiger partial charge on any atom is 0.124 e. The molecule has 2 heterocycles. The molecule has 0 unspecified atom stereocenters. The smallest absolute Gasteiger partial charge is 0.124 e. The summed E-state index contributed by atoms with van der Waals surface area (Å²) in [5.41, 5.74) is 6.14. The molecule has 3 atom stereocenters. The zero-order valence-corrected chi connectivity index (χ0v) is 15.7. The second kappa shape index (κ2) is 6.54. The van der Waals surface area contributed by atoms with Gasteiger partial charge in [-0.3, -0.25) is 0 Å². The summed E-state index contributed by atoms with van der Waals surface area (Å²) in [6.07, 6.45) is 2.34. The Morgan fingerprint density at radius 1 is 1.16 bits per heavy atom. The topological polar surface area (TPSA) is 30.5 Å². The Bertz CT molecular complexity index is 805. The fourth-order valence-corrected chi connectivity index (χ4v) is 4.59. The minimum Gasteiger partial charge on any atom is -0.496 e. The minimum absolute atomic E-state index is 0.122. The summed E-state index contributed by atoms with van der Waals surface area (Å²) in [6.45, 7) is 5.14. The number of nitrogens with one attached hydrogen (secondary N) is 1. The molecule has 1 saturated heterocycles. The zero-order chi connectivity index (χ0) is 17.6. The van der Waals surface area contributed by atoms with Crippen molar-refractivity contribution < 1.29 is 9.47 Å². The summed E-state index contributed by atoms with van der Waals surface area (Å²) in [7, 11) is 1.72. The Morgan fingerprint density at radius 3 is 2.80 bits per heavy atom. The highest BCUT2D eigenvalue weighted by atomic mass is 35.5. The highest BCUT2D eigenvalue weighted by Crippen LogP contribution is 2.51. The lowest BCUT2D eigenvalue weighted by Crippen LogP contribution is -2.36. The summed E-state index contributed by atoms with van der Waals surface area (Å²) in [5.74, 6) is 1.24. The number of hydrogen-bond acceptors (Lipinski definition) is 3. The first-order valence-electron chi connectivity index (χ1n) is 8.91. The van der Waals surface area contributed by atoms with E-state index in [0.717, 1.165) is 35.8 Å². The number of anilines is 1. The third-order valence-corrected chi connectivity index (χ3v) is 5.67. The van der Waals surface area contributed by atoms with Crippen LogP contribution >= 0.6 is 11.6 Å². The molecule has 0 aliphatic carbocycles. The molecule has 2 aromatic rings. The highest BCUT2D eigenvalue weighted by molar-refractivity contribution is 6.30. The van der Waals surface area contributed by atoms with Gasteiger partial charge in [0.1, 0.15) is 5.75 Å². The number of benzene rings is 2. The van der Waals surface area contributed by atoms with Crippen LogP contribution in [0.3, 0.4) is 0 Å². The zero-order valence-electron chi connectivity index (χ0n) is 14.9. The second-order valence-corrected chi connectivity index (χ2v) is 7.59. The highest BCUT2D eigenvalue weighted by Gasteiger charge is 2.41. The minimum atomic E-state index is 0.122. The molecule has 3 nitrogen and oxygen atoms in total. The van der Waals surface area contributed by atoms with Gasteiger partial charge in [0.15, 0.2) is 0 Å². The molecule has 2 aromatic carbocycles. The van der Waals surface area contributed by atoms with Crippen LogP contribution in [-0.2, 0) is 4.74 Å². The average molecular weight is 358 g/mol. The summed E-state index contributed by atoms with van der Waals surface area (Å²) in [5, 5.41) is 4.52. The summed E-state index contributed by atoms with van der Waals surface area (Å²) < 4.78 is 11.9. The van der Waals surface area contributed by atoms with E-state index in [-0.39, 0.29) is 12.1 Å². The molecule has 0 bridgehead atoms. The lowest BCUT2D eigenvalue weighted by molar-refractivity contribution is -0.0383. The number of ether oxygens (including phenoxy) is 2. The van der Waals surface area contributed by atoms with Crippen molar-refractivity contribution in [1.29, 1.82) is 0 Å². The first-order valence-corrected chi connectivity index (χ1v) is 9.29. The van der Waals surface area contributed by atoms with Gasteiger partial charge in [-0.1, -0.05) is 29.3 Å². The fraction of sp³-hybridized carbons (Fsp3) is 0.429. The molecule has 4 heteroatoms. The van der Waals surface area contributed by atoms with Gasteiger partial charge in [0.25, 0.3) is 0 Å². The first kappa shape index (κ1) is 16.7. The molecule has 25 heavy (non-hydrogen) atoms. The van der Waals surface area contributed by atoms with Crippen LogP contribution in [0, 0.1) is 19.8 Å². The number of aryl methyl sites for hydroxylation is 2. The molecule has 0 saturated carbocycles. The van der Waals surface area contributed by atoms with Crippen molar-refractivity contribution >= 4 is 17.3 Å².